The van der Waals surface area contributed by atoms with Gasteiger partial charge in [0.15, 0.2) is 0 Å². The Hall–Kier alpha value is -2.55. The van der Waals surface area contributed by atoms with Gasteiger partial charge in [0.05, 0.1) is 5.52 Å². The molecular weight excluding hydrogens is 346 g/mol. The number of aromatic nitrogens is 1. The van der Waals surface area contributed by atoms with Crippen LogP contribution in [0.3, 0.4) is 0 Å². The summed E-state index contributed by atoms with van der Waals surface area (Å²) in [7, 11) is 0. The van der Waals surface area contributed by atoms with Gasteiger partial charge in [-0.3, -0.25) is 4.79 Å². The second kappa shape index (κ2) is 8.22. The number of nitrogens with zero attached hydrogens (tertiary/aromatic N) is 1. The van der Waals surface area contributed by atoms with E-state index >= 15 is 0 Å². The van der Waals surface area contributed by atoms with Gasteiger partial charge >= 0.3 is 0 Å². The molecule has 3 aromatic rings. The smallest absolute Gasteiger partial charge is 0.259 e. The van der Waals surface area contributed by atoms with Crippen molar-refractivity contribution in [2.75, 3.05) is 0 Å². The van der Waals surface area contributed by atoms with Crippen LogP contribution < -0.4 is 10.3 Å². The number of rotatable bonds is 7. The Kier molecular flexibility index (Phi) is 5.93. The van der Waals surface area contributed by atoms with Gasteiger partial charge in [0, 0.05) is 11.6 Å². The third-order valence-electron chi connectivity index (χ3n) is 5.50. The minimum absolute atomic E-state index is 0.0715. The summed E-state index contributed by atoms with van der Waals surface area (Å²) in [6.07, 6.45) is 2.96. The van der Waals surface area contributed by atoms with E-state index in [2.05, 4.69) is 40.7 Å². The fourth-order valence-electron chi connectivity index (χ4n) is 3.57. The highest BCUT2D eigenvalue weighted by Crippen LogP contribution is 2.27. The van der Waals surface area contributed by atoms with Crippen molar-refractivity contribution in [3.05, 3.63) is 65.0 Å². The number of benzene rings is 2. The van der Waals surface area contributed by atoms with Crippen LogP contribution in [0.15, 0.2) is 59.4 Å². The van der Waals surface area contributed by atoms with Crippen molar-refractivity contribution in [1.29, 1.82) is 0 Å². The molecule has 0 N–H and O–H groups in total. The third kappa shape index (κ3) is 4.14. The largest absolute Gasteiger partial charge is 0.488 e. The summed E-state index contributed by atoms with van der Waals surface area (Å²) < 4.78 is 8.01. The second-order valence-corrected chi connectivity index (χ2v) is 8.17. The summed E-state index contributed by atoms with van der Waals surface area (Å²) in [4.78, 5) is 13.4. The molecule has 0 radical (unpaired) electrons. The van der Waals surface area contributed by atoms with Crippen molar-refractivity contribution >= 4 is 10.9 Å². The van der Waals surface area contributed by atoms with E-state index in [1.54, 1.807) is 0 Å². The van der Waals surface area contributed by atoms with E-state index in [0.717, 1.165) is 47.0 Å². The molecule has 0 fully saturated rings. The zero-order chi connectivity index (χ0) is 20.3. The number of ether oxygens (including phenoxy) is 1. The number of para-hydroxylation sites is 1. The van der Waals surface area contributed by atoms with E-state index in [1.807, 2.05) is 53.1 Å². The molecule has 0 aliphatic carbocycles. The first-order chi connectivity index (χ1) is 13.4. The maximum atomic E-state index is 13.4. The van der Waals surface area contributed by atoms with Gasteiger partial charge in [0.2, 0.25) is 0 Å². The van der Waals surface area contributed by atoms with Crippen LogP contribution in [0.5, 0.6) is 5.75 Å². The number of pyridine rings is 1. The minimum Gasteiger partial charge on any atom is -0.488 e. The summed E-state index contributed by atoms with van der Waals surface area (Å²) in [6, 6.07) is 18.2. The van der Waals surface area contributed by atoms with Gasteiger partial charge in [-0.2, -0.15) is 0 Å². The Morgan fingerprint density at radius 1 is 1.04 bits per heavy atom. The SMILES string of the molecule is CCCC(C)n1c(=O)c(-c2ccc(OC(C)(C)CC)cc2)cc2ccccc21. The van der Waals surface area contributed by atoms with Gasteiger partial charge in [0.1, 0.15) is 11.4 Å². The lowest BCUT2D eigenvalue weighted by Crippen LogP contribution is -2.26. The summed E-state index contributed by atoms with van der Waals surface area (Å²) in [5.41, 5.74) is 2.54. The molecule has 0 bridgehead atoms. The van der Waals surface area contributed by atoms with Crippen molar-refractivity contribution in [3.8, 4) is 16.9 Å². The van der Waals surface area contributed by atoms with Crippen molar-refractivity contribution < 1.29 is 4.74 Å². The van der Waals surface area contributed by atoms with E-state index in [0.29, 0.717) is 0 Å². The van der Waals surface area contributed by atoms with E-state index in [-0.39, 0.29) is 17.2 Å². The zero-order valence-corrected chi connectivity index (χ0v) is 17.7. The predicted octanol–water partition coefficient (Wildman–Crippen LogP) is 6.60. The molecule has 0 amide bonds. The molecule has 1 aromatic heterocycles. The molecule has 148 valence electrons. The Morgan fingerprint density at radius 2 is 1.71 bits per heavy atom. The maximum Gasteiger partial charge on any atom is 0.259 e. The Morgan fingerprint density at radius 3 is 2.36 bits per heavy atom. The molecule has 3 nitrogen and oxygen atoms in total. The average molecular weight is 378 g/mol. The van der Waals surface area contributed by atoms with Crippen LogP contribution in [0.1, 0.15) is 59.9 Å². The third-order valence-corrected chi connectivity index (χ3v) is 5.50. The van der Waals surface area contributed by atoms with Gasteiger partial charge in [-0.15, -0.1) is 0 Å². The van der Waals surface area contributed by atoms with Crippen LogP contribution in [0.2, 0.25) is 0 Å². The summed E-state index contributed by atoms with van der Waals surface area (Å²) in [5, 5.41) is 1.09. The molecule has 3 heteroatoms. The van der Waals surface area contributed by atoms with Crippen LogP contribution in [-0.2, 0) is 0 Å². The van der Waals surface area contributed by atoms with Gasteiger partial charge in [-0.1, -0.05) is 50.6 Å². The molecule has 0 spiro atoms. The summed E-state index contributed by atoms with van der Waals surface area (Å²) in [5.74, 6) is 0.830. The normalized spacial score (nSPS) is 12.9. The first kappa shape index (κ1) is 20.2. The highest BCUT2D eigenvalue weighted by atomic mass is 16.5. The molecule has 1 heterocycles. The van der Waals surface area contributed by atoms with Crippen LogP contribution in [0.4, 0.5) is 0 Å². The van der Waals surface area contributed by atoms with Crippen molar-refractivity contribution in [1.82, 2.24) is 4.57 Å². The molecule has 0 saturated carbocycles. The fraction of sp³-hybridized carbons (Fsp3) is 0.400. The molecule has 1 atom stereocenters. The van der Waals surface area contributed by atoms with Gasteiger partial charge in [-0.25, -0.2) is 0 Å². The van der Waals surface area contributed by atoms with Gasteiger partial charge < -0.3 is 9.30 Å². The Balaban J connectivity index is 2.08. The molecule has 0 aliphatic rings. The first-order valence-corrected chi connectivity index (χ1v) is 10.3. The zero-order valence-electron chi connectivity index (χ0n) is 17.7. The number of hydrogen-bond acceptors (Lipinski definition) is 2. The monoisotopic (exact) mass is 377 g/mol. The van der Waals surface area contributed by atoms with Crippen LogP contribution in [0, 0.1) is 0 Å². The Bertz CT molecular complexity index is 999. The van der Waals surface area contributed by atoms with E-state index in [1.165, 1.54) is 0 Å². The van der Waals surface area contributed by atoms with E-state index in [4.69, 9.17) is 4.74 Å². The molecular formula is C25H31NO2. The van der Waals surface area contributed by atoms with Crippen LogP contribution >= 0.6 is 0 Å². The Labute approximate surface area is 168 Å². The van der Waals surface area contributed by atoms with Crippen molar-refractivity contribution in [2.24, 2.45) is 0 Å². The standard InChI is InChI=1S/C25H31NO2/c1-6-10-18(3)26-23-12-9-8-11-20(23)17-22(24(26)27)19-13-15-21(16-14-19)28-25(4,5)7-2/h8-9,11-18H,6-7,10H2,1-5H3. The maximum absolute atomic E-state index is 13.4. The van der Waals surface area contributed by atoms with Crippen molar-refractivity contribution in [2.45, 2.75) is 65.5 Å². The lowest BCUT2D eigenvalue weighted by molar-refractivity contribution is 0.105. The van der Waals surface area contributed by atoms with Gasteiger partial charge in [-0.05, 0) is 68.8 Å². The number of fused-ring (bicyclic) bond motifs is 1. The molecule has 2 aromatic carbocycles. The molecule has 28 heavy (non-hydrogen) atoms. The number of hydrogen-bond donors (Lipinski definition) is 0. The highest BCUT2D eigenvalue weighted by molar-refractivity contribution is 5.84. The topological polar surface area (TPSA) is 31.2 Å². The van der Waals surface area contributed by atoms with E-state index < -0.39 is 0 Å². The minimum atomic E-state index is -0.202. The van der Waals surface area contributed by atoms with Crippen LogP contribution in [-0.4, -0.2) is 10.2 Å². The summed E-state index contributed by atoms with van der Waals surface area (Å²) in [6.45, 7) is 10.6. The van der Waals surface area contributed by atoms with Crippen molar-refractivity contribution in [3.63, 3.8) is 0 Å². The predicted molar refractivity (Wildman–Crippen MR) is 118 cm³/mol. The first-order valence-electron chi connectivity index (χ1n) is 10.3. The quantitative estimate of drug-likeness (QED) is 0.464. The average Bonchev–Trinajstić information content (AvgIpc) is 2.68. The van der Waals surface area contributed by atoms with E-state index in [9.17, 15) is 4.79 Å². The fourth-order valence-corrected chi connectivity index (χ4v) is 3.57. The van der Waals surface area contributed by atoms with Gasteiger partial charge in [0.25, 0.3) is 5.56 Å². The lowest BCUT2D eigenvalue weighted by Gasteiger charge is -2.25. The highest BCUT2D eigenvalue weighted by Gasteiger charge is 2.18. The van der Waals surface area contributed by atoms with Crippen LogP contribution in [0.25, 0.3) is 22.0 Å². The second-order valence-electron chi connectivity index (χ2n) is 8.17. The molecule has 3 rings (SSSR count). The molecule has 0 saturated heterocycles. The molecule has 1 unspecified atom stereocenters. The summed E-state index contributed by atoms with van der Waals surface area (Å²) >= 11 is 0. The molecule has 0 aliphatic heterocycles. The lowest BCUT2D eigenvalue weighted by atomic mass is 10.0.